The van der Waals surface area contributed by atoms with Crippen LogP contribution in [0.4, 0.5) is 0 Å². The first-order valence-electron chi connectivity index (χ1n) is 8.68. The Morgan fingerprint density at radius 2 is 1.32 bits per heavy atom. The Kier molecular flexibility index (Phi) is 13.7. The summed E-state index contributed by atoms with van der Waals surface area (Å²) in [6.07, 6.45) is 15.1. The Labute approximate surface area is 134 Å². The molecule has 0 unspecified atom stereocenters. The van der Waals surface area contributed by atoms with Gasteiger partial charge in [0, 0.05) is 13.3 Å². The van der Waals surface area contributed by atoms with E-state index in [4.69, 9.17) is 9.84 Å². The predicted molar refractivity (Wildman–Crippen MR) is 88.6 cm³/mol. The van der Waals surface area contributed by atoms with Gasteiger partial charge < -0.3 is 9.84 Å². The summed E-state index contributed by atoms with van der Waals surface area (Å²) in [7, 11) is 0. The average Bonchev–Trinajstić information content (AvgIpc) is 2.43. The van der Waals surface area contributed by atoms with Crippen molar-refractivity contribution in [2.45, 2.75) is 90.9 Å². The first kappa shape index (κ1) is 20.7. The third kappa shape index (κ3) is 15.1. The van der Waals surface area contributed by atoms with Crippen molar-refractivity contribution >= 4 is 11.9 Å². The maximum absolute atomic E-state index is 10.9. The molecule has 128 valence electrons. The van der Waals surface area contributed by atoms with E-state index in [2.05, 4.69) is 6.92 Å². The first-order valence-corrected chi connectivity index (χ1v) is 8.68. The molecule has 0 aromatic carbocycles. The molecular weight excluding hydrogens is 280 g/mol. The van der Waals surface area contributed by atoms with Crippen LogP contribution < -0.4 is 0 Å². The largest absolute Gasteiger partial charge is 0.478 e. The molecule has 4 heteroatoms. The van der Waals surface area contributed by atoms with Crippen molar-refractivity contribution in [2.75, 3.05) is 0 Å². The third-order valence-corrected chi connectivity index (χ3v) is 3.59. The van der Waals surface area contributed by atoms with Crippen LogP contribution in [0.5, 0.6) is 0 Å². The molecule has 4 nitrogen and oxygen atoms in total. The molecule has 0 aromatic rings. The summed E-state index contributed by atoms with van der Waals surface area (Å²) in [5.74, 6) is -1.27. The number of esters is 1. The lowest BCUT2D eigenvalue weighted by molar-refractivity contribution is -0.137. The SMILES string of the molecule is CCCCCCCCCCCCC/C(=C/C(=O)O)OC(C)=O. The minimum Gasteiger partial charge on any atom is -0.478 e. The van der Waals surface area contributed by atoms with Gasteiger partial charge in [-0.2, -0.15) is 0 Å². The summed E-state index contributed by atoms with van der Waals surface area (Å²) in [6.45, 7) is 3.52. The van der Waals surface area contributed by atoms with Crippen LogP contribution in [0.3, 0.4) is 0 Å². The normalized spacial score (nSPS) is 11.5. The van der Waals surface area contributed by atoms with Gasteiger partial charge in [0.05, 0.1) is 6.08 Å². The lowest BCUT2D eigenvalue weighted by Crippen LogP contribution is -2.02. The summed E-state index contributed by atoms with van der Waals surface area (Å²) in [5, 5.41) is 8.71. The van der Waals surface area contributed by atoms with Crippen LogP contribution in [-0.2, 0) is 14.3 Å². The monoisotopic (exact) mass is 312 g/mol. The van der Waals surface area contributed by atoms with Gasteiger partial charge >= 0.3 is 11.9 Å². The van der Waals surface area contributed by atoms with Crippen molar-refractivity contribution < 1.29 is 19.4 Å². The van der Waals surface area contributed by atoms with E-state index in [1.54, 1.807) is 0 Å². The molecular formula is C18H32O4. The smallest absolute Gasteiger partial charge is 0.331 e. The van der Waals surface area contributed by atoms with Crippen LogP contribution in [0.25, 0.3) is 0 Å². The van der Waals surface area contributed by atoms with Gasteiger partial charge in [-0.15, -0.1) is 0 Å². The topological polar surface area (TPSA) is 63.6 Å². The third-order valence-electron chi connectivity index (χ3n) is 3.59. The second kappa shape index (κ2) is 14.6. The van der Waals surface area contributed by atoms with Gasteiger partial charge in [-0.05, 0) is 6.42 Å². The molecule has 0 saturated heterocycles. The van der Waals surface area contributed by atoms with E-state index in [-0.39, 0.29) is 5.76 Å². The van der Waals surface area contributed by atoms with E-state index >= 15 is 0 Å². The molecule has 0 saturated carbocycles. The molecule has 0 heterocycles. The fraction of sp³-hybridized carbons (Fsp3) is 0.778. The van der Waals surface area contributed by atoms with Gasteiger partial charge in [0.1, 0.15) is 5.76 Å². The maximum atomic E-state index is 10.9. The molecule has 0 aliphatic rings. The second-order valence-electron chi connectivity index (χ2n) is 5.83. The van der Waals surface area contributed by atoms with Crippen molar-refractivity contribution in [2.24, 2.45) is 0 Å². The fourth-order valence-corrected chi connectivity index (χ4v) is 2.44. The number of carboxylic acid groups (broad SMARTS) is 1. The molecule has 0 aromatic heterocycles. The molecule has 0 spiro atoms. The zero-order valence-corrected chi connectivity index (χ0v) is 14.2. The summed E-state index contributed by atoms with van der Waals surface area (Å²) < 4.78 is 4.89. The van der Waals surface area contributed by atoms with Crippen LogP contribution in [0.1, 0.15) is 90.9 Å². The average molecular weight is 312 g/mol. The number of unbranched alkanes of at least 4 members (excludes halogenated alkanes) is 10. The van der Waals surface area contributed by atoms with Gasteiger partial charge in [-0.3, -0.25) is 4.79 Å². The Hall–Kier alpha value is -1.32. The highest BCUT2D eigenvalue weighted by Gasteiger charge is 2.05. The number of rotatable bonds is 14. The second-order valence-corrected chi connectivity index (χ2v) is 5.83. The number of carboxylic acids is 1. The van der Waals surface area contributed by atoms with Gasteiger partial charge in [-0.25, -0.2) is 4.79 Å². The molecule has 0 radical (unpaired) electrons. The van der Waals surface area contributed by atoms with Crippen LogP contribution in [-0.4, -0.2) is 17.0 Å². The summed E-state index contributed by atoms with van der Waals surface area (Å²) in [4.78, 5) is 21.5. The standard InChI is InChI=1S/C18H32O4/c1-3-4-5-6-7-8-9-10-11-12-13-14-17(15-18(20)21)22-16(2)19/h15H,3-14H2,1-2H3,(H,20,21)/b17-15-. The number of hydrogen-bond donors (Lipinski definition) is 1. The fourth-order valence-electron chi connectivity index (χ4n) is 2.44. The van der Waals surface area contributed by atoms with E-state index in [1.165, 1.54) is 58.3 Å². The predicted octanol–water partition coefficient (Wildman–Crippen LogP) is 5.22. The van der Waals surface area contributed by atoms with Crippen LogP contribution >= 0.6 is 0 Å². The van der Waals surface area contributed by atoms with Crippen LogP contribution in [0, 0.1) is 0 Å². The first-order chi connectivity index (χ1) is 10.6. The summed E-state index contributed by atoms with van der Waals surface area (Å²) in [5.41, 5.74) is 0. The highest BCUT2D eigenvalue weighted by Crippen LogP contribution is 2.14. The molecule has 0 atom stereocenters. The number of allylic oxidation sites excluding steroid dienone is 1. The Morgan fingerprint density at radius 3 is 1.73 bits per heavy atom. The van der Waals surface area contributed by atoms with Gasteiger partial charge in [0.15, 0.2) is 0 Å². The van der Waals surface area contributed by atoms with Crippen molar-refractivity contribution in [3.05, 3.63) is 11.8 Å². The zero-order chi connectivity index (χ0) is 16.6. The molecule has 0 aliphatic carbocycles. The lowest BCUT2D eigenvalue weighted by atomic mass is 10.0. The molecule has 0 bridgehead atoms. The molecule has 0 fully saturated rings. The van der Waals surface area contributed by atoms with E-state index in [1.807, 2.05) is 0 Å². The minimum atomic E-state index is -1.07. The Morgan fingerprint density at radius 1 is 0.864 bits per heavy atom. The molecule has 0 aliphatic heterocycles. The van der Waals surface area contributed by atoms with Gasteiger partial charge in [-0.1, -0.05) is 71.1 Å². The highest BCUT2D eigenvalue weighted by molar-refractivity contribution is 5.81. The number of ether oxygens (including phenoxy) is 1. The van der Waals surface area contributed by atoms with Crippen LogP contribution in [0.2, 0.25) is 0 Å². The Balaban J connectivity index is 3.53. The van der Waals surface area contributed by atoms with Crippen molar-refractivity contribution in [3.63, 3.8) is 0 Å². The van der Waals surface area contributed by atoms with Crippen molar-refractivity contribution in [3.8, 4) is 0 Å². The number of aliphatic carboxylic acids is 1. The summed E-state index contributed by atoms with van der Waals surface area (Å²) >= 11 is 0. The highest BCUT2D eigenvalue weighted by atomic mass is 16.5. The summed E-state index contributed by atoms with van der Waals surface area (Å²) in [6, 6.07) is 0. The number of carbonyl (C=O) groups is 2. The van der Waals surface area contributed by atoms with Gasteiger partial charge in [0.2, 0.25) is 0 Å². The minimum absolute atomic E-state index is 0.260. The molecule has 0 amide bonds. The zero-order valence-electron chi connectivity index (χ0n) is 14.2. The van der Waals surface area contributed by atoms with Crippen LogP contribution in [0.15, 0.2) is 11.8 Å². The van der Waals surface area contributed by atoms with Crippen molar-refractivity contribution in [1.29, 1.82) is 0 Å². The lowest BCUT2D eigenvalue weighted by Gasteiger charge is -2.06. The van der Waals surface area contributed by atoms with E-state index in [0.29, 0.717) is 6.42 Å². The maximum Gasteiger partial charge on any atom is 0.331 e. The van der Waals surface area contributed by atoms with Gasteiger partial charge in [0.25, 0.3) is 0 Å². The molecule has 1 N–H and O–H groups in total. The Bertz CT molecular complexity index is 334. The number of hydrogen-bond acceptors (Lipinski definition) is 3. The van der Waals surface area contributed by atoms with Crippen molar-refractivity contribution in [1.82, 2.24) is 0 Å². The number of carbonyl (C=O) groups excluding carboxylic acids is 1. The quantitative estimate of drug-likeness (QED) is 0.207. The van der Waals surface area contributed by atoms with E-state index in [0.717, 1.165) is 25.3 Å². The molecule has 0 rings (SSSR count). The van der Waals surface area contributed by atoms with E-state index in [9.17, 15) is 9.59 Å². The van der Waals surface area contributed by atoms with E-state index < -0.39 is 11.9 Å². The molecule has 22 heavy (non-hydrogen) atoms.